The fourth-order valence-corrected chi connectivity index (χ4v) is 0. The molecule has 0 saturated heterocycles. The van der Waals surface area contributed by atoms with Gasteiger partial charge < -0.3 is 16.1 Å². The normalized spacial score (nSPS) is 7.38. The third-order valence-electron chi connectivity index (χ3n) is 0. The molecule has 0 aromatic heterocycles. The van der Waals surface area contributed by atoms with Gasteiger partial charge in [0.25, 0.3) is 0 Å². The van der Waals surface area contributed by atoms with Crippen LogP contribution in [0.3, 0.4) is 0 Å². The first-order valence-electron chi connectivity index (χ1n) is 0.783. The molecular formula is H7GaLiO4PZr. The van der Waals surface area contributed by atoms with E-state index >= 15 is 0 Å². The summed E-state index contributed by atoms with van der Waals surface area (Å²) >= 11 is 0. The van der Waals surface area contributed by atoms with Crippen molar-refractivity contribution in [3.8, 4) is 0 Å². The molecule has 3 N–H and O–H groups in total. The van der Waals surface area contributed by atoms with E-state index in [-0.39, 0.29) is 66.3 Å². The van der Waals surface area contributed by atoms with E-state index in [0.29, 0.717) is 0 Å². The minimum absolute atomic E-state index is 0. The molecule has 4 nitrogen and oxygen atoms in total. The van der Waals surface area contributed by atoms with Gasteiger partial charge in [0.15, 0.2) is 0 Å². The van der Waals surface area contributed by atoms with Crippen LogP contribution >= 0.6 is 7.82 Å². The molecule has 0 saturated carbocycles. The van der Waals surface area contributed by atoms with Gasteiger partial charge in [-0.15, -0.1) is 0 Å². The quantitative estimate of drug-likeness (QED) is 0.304. The van der Waals surface area contributed by atoms with Crippen molar-refractivity contribution in [2.45, 2.75) is 0 Å². The molecule has 0 aliphatic rings. The van der Waals surface area contributed by atoms with Gasteiger partial charge in [0.1, 0.15) is 0 Å². The second kappa shape index (κ2) is 9.23. The number of hydrogen-bond donors (Lipinski definition) is 3. The zero-order chi connectivity index (χ0) is 4.50. The van der Waals surface area contributed by atoms with Gasteiger partial charge in [-0.25, -0.2) is 4.57 Å². The molecule has 0 heterocycles. The molecule has 0 amide bonds. The molecule has 0 aromatic carbocycles. The SMILES string of the molecule is O=P(O)(O)O.[GaH3].[H-].[Li+].[Zr]. The first-order chi connectivity index (χ1) is 2.00. The maximum Gasteiger partial charge on any atom is 1.00 e. The fourth-order valence-electron chi connectivity index (χ4n) is 0. The Morgan fingerprint density at radius 2 is 1.25 bits per heavy atom. The molecule has 0 fully saturated rings. The maximum atomic E-state index is 8.88. The van der Waals surface area contributed by atoms with Gasteiger partial charge >= 0.3 is 46.5 Å². The van der Waals surface area contributed by atoms with Crippen molar-refractivity contribution in [3.63, 3.8) is 0 Å². The van der Waals surface area contributed by atoms with Crippen molar-refractivity contribution in [3.05, 3.63) is 0 Å². The van der Waals surface area contributed by atoms with Crippen LogP contribution < -0.4 is 18.9 Å². The molecule has 0 radical (unpaired) electrons. The summed E-state index contributed by atoms with van der Waals surface area (Å²) in [5.41, 5.74) is 0. The van der Waals surface area contributed by atoms with Crippen molar-refractivity contribution in [1.29, 1.82) is 0 Å². The molecule has 0 bridgehead atoms. The van der Waals surface area contributed by atoms with Gasteiger partial charge in [-0.2, -0.15) is 0 Å². The molecule has 0 atom stereocenters. The molecule has 0 aromatic rings. The zero-order valence-electron chi connectivity index (χ0n) is 4.70. The second-order valence-corrected chi connectivity index (χ2v) is 1.54. The molecule has 0 rings (SSSR count). The zero-order valence-corrected chi connectivity index (χ0v) is 7.05. The number of phosphoric acid groups is 1. The van der Waals surface area contributed by atoms with E-state index in [0.717, 1.165) is 0 Å². The average Bonchev–Trinajstić information content (AvgIpc) is 0.722. The molecule has 8 heavy (non-hydrogen) atoms. The van der Waals surface area contributed by atoms with Crippen molar-refractivity contribution >= 4 is 27.6 Å². The summed E-state index contributed by atoms with van der Waals surface area (Å²) in [5.74, 6) is 0. The van der Waals surface area contributed by atoms with E-state index in [1.807, 2.05) is 0 Å². The molecular weight excluding hydrogens is 263 g/mol. The Morgan fingerprint density at radius 1 is 1.25 bits per heavy atom. The molecule has 0 aliphatic carbocycles. The smallest absolute Gasteiger partial charge is 1.00 e. The Bertz CT molecular complexity index is 66.7. The Morgan fingerprint density at radius 3 is 1.25 bits per heavy atom. The molecule has 0 spiro atoms. The Hall–Kier alpha value is 2.23. The number of hydrogen-bond acceptors (Lipinski definition) is 1. The Labute approximate surface area is 92.5 Å². The summed E-state index contributed by atoms with van der Waals surface area (Å²) < 4.78 is 8.88. The molecule has 8 heteroatoms. The largest absolute Gasteiger partial charge is 1.00 e. The van der Waals surface area contributed by atoms with E-state index in [2.05, 4.69) is 0 Å². The van der Waals surface area contributed by atoms with Crippen molar-refractivity contribution < 1.29 is 65.7 Å². The van der Waals surface area contributed by atoms with Gasteiger partial charge in [0.2, 0.25) is 0 Å². The fraction of sp³-hybridized carbons (Fsp3) is 0. The topological polar surface area (TPSA) is 77.8 Å². The van der Waals surface area contributed by atoms with Crippen LogP contribution in [0.2, 0.25) is 0 Å². The van der Waals surface area contributed by atoms with E-state index in [1.165, 1.54) is 0 Å². The minimum Gasteiger partial charge on any atom is -1.00 e. The Balaban J connectivity index is -0.0000000133. The summed E-state index contributed by atoms with van der Waals surface area (Å²) in [7, 11) is -4.64. The third-order valence-corrected chi connectivity index (χ3v) is 0. The maximum absolute atomic E-state index is 8.88. The van der Waals surface area contributed by atoms with E-state index in [9.17, 15) is 0 Å². The third kappa shape index (κ3) is 86.6. The molecule has 44 valence electrons. The van der Waals surface area contributed by atoms with Crippen LogP contribution in [0.4, 0.5) is 0 Å². The van der Waals surface area contributed by atoms with E-state index < -0.39 is 7.82 Å². The predicted molar refractivity (Wildman–Crippen MR) is 25.3 cm³/mol. The summed E-state index contributed by atoms with van der Waals surface area (Å²) in [6.07, 6.45) is 0. The summed E-state index contributed by atoms with van der Waals surface area (Å²) in [6, 6.07) is 0. The van der Waals surface area contributed by atoms with Crippen LogP contribution in [0, 0.1) is 0 Å². The van der Waals surface area contributed by atoms with E-state index in [1.54, 1.807) is 0 Å². The first-order valence-corrected chi connectivity index (χ1v) is 2.35. The van der Waals surface area contributed by atoms with Crippen LogP contribution in [0.5, 0.6) is 0 Å². The van der Waals surface area contributed by atoms with Crippen LogP contribution in [0.1, 0.15) is 1.43 Å². The van der Waals surface area contributed by atoms with Crippen molar-refractivity contribution in [1.82, 2.24) is 0 Å². The van der Waals surface area contributed by atoms with Gasteiger partial charge in [0.05, 0.1) is 0 Å². The summed E-state index contributed by atoms with van der Waals surface area (Å²) in [5, 5.41) is 0. The predicted octanol–water partition coefficient (Wildman–Crippen LogP) is -5.00. The summed E-state index contributed by atoms with van der Waals surface area (Å²) in [6.45, 7) is 0. The van der Waals surface area contributed by atoms with Gasteiger partial charge in [0, 0.05) is 26.2 Å². The first kappa shape index (κ1) is 22.5. The molecule has 0 aliphatic heterocycles. The Kier molecular flexibility index (Phi) is 25.9. The van der Waals surface area contributed by atoms with Crippen LogP contribution in [-0.4, -0.2) is 34.5 Å². The average molecular weight is 270 g/mol. The number of rotatable bonds is 0. The summed E-state index contributed by atoms with van der Waals surface area (Å²) in [4.78, 5) is 21.6. The molecule has 0 unspecified atom stereocenters. The monoisotopic (exact) mass is 268 g/mol. The van der Waals surface area contributed by atoms with Crippen molar-refractivity contribution in [2.24, 2.45) is 0 Å². The minimum atomic E-state index is -4.64. The van der Waals surface area contributed by atoms with E-state index in [4.69, 9.17) is 19.2 Å². The van der Waals surface area contributed by atoms with Gasteiger partial charge in [-0.3, -0.25) is 0 Å². The van der Waals surface area contributed by atoms with Crippen LogP contribution in [0.15, 0.2) is 0 Å². The van der Waals surface area contributed by atoms with Crippen LogP contribution in [0.25, 0.3) is 0 Å². The van der Waals surface area contributed by atoms with Gasteiger partial charge in [-0.1, -0.05) is 0 Å². The standard InChI is InChI=1S/Ga.Li.H3O4P.Zr.4H/c;;1-5(2,3)4;;;;;/h;;(H3,1,2,3,4);;;;;/q;+1;;;;;;-1. The van der Waals surface area contributed by atoms with Crippen LogP contribution in [-0.2, 0) is 30.8 Å². The van der Waals surface area contributed by atoms with Gasteiger partial charge in [-0.05, 0) is 0 Å². The van der Waals surface area contributed by atoms with Crippen molar-refractivity contribution in [2.75, 3.05) is 0 Å². The second-order valence-electron chi connectivity index (χ2n) is 0.513.